The van der Waals surface area contributed by atoms with Crippen molar-refractivity contribution in [3.63, 3.8) is 0 Å². The van der Waals surface area contributed by atoms with Crippen molar-refractivity contribution in [3.05, 3.63) is 61.2 Å². The van der Waals surface area contributed by atoms with Crippen molar-refractivity contribution >= 4 is 33.7 Å². The zero-order valence-electron chi connectivity index (χ0n) is 21.7. The van der Waals surface area contributed by atoms with Crippen molar-refractivity contribution in [2.24, 2.45) is 5.92 Å². The van der Waals surface area contributed by atoms with E-state index in [4.69, 9.17) is 19.4 Å². The Morgan fingerprint density at radius 3 is 2.70 bits per heavy atom. The zero-order valence-corrected chi connectivity index (χ0v) is 21.7. The maximum absolute atomic E-state index is 12.3. The number of fused-ring (bicyclic) bond motifs is 3. The van der Waals surface area contributed by atoms with Crippen molar-refractivity contribution < 1.29 is 14.3 Å². The van der Waals surface area contributed by atoms with Crippen molar-refractivity contribution in [1.29, 1.82) is 0 Å². The van der Waals surface area contributed by atoms with E-state index < -0.39 is 0 Å². The van der Waals surface area contributed by atoms with E-state index in [9.17, 15) is 4.79 Å². The third-order valence-electron chi connectivity index (χ3n) is 6.62. The van der Waals surface area contributed by atoms with Crippen LogP contribution in [0.4, 0.5) is 5.69 Å². The second kappa shape index (κ2) is 9.45. The molecule has 1 aliphatic rings. The molecule has 0 unspecified atom stereocenters. The average molecular weight is 533 g/mol. The Morgan fingerprint density at radius 2 is 1.80 bits per heavy atom. The number of rotatable bonds is 6. The van der Waals surface area contributed by atoms with Gasteiger partial charge in [0.1, 0.15) is 5.52 Å². The lowest BCUT2D eigenvalue weighted by Crippen LogP contribution is -2.14. The van der Waals surface area contributed by atoms with Crippen LogP contribution in [0, 0.1) is 5.92 Å². The highest BCUT2D eigenvalue weighted by Gasteiger charge is 2.19. The Bertz CT molecular complexity index is 1910. The molecule has 198 valence electrons. The summed E-state index contributed by atoms with van der Waals surface area (Å²) in [5, 5.41) is 10.5. The standard InChI is InChI=1S/C29H24N8O3/c1-15(2)7-25(38)32-18-8-17(10-30-11-18)20-4-5-21-27(33-20)28(37-36-21)29-34-22-13-31-12-19(26(22)35-29)16-3-6-23-24(9-16)40-14-39-23/h3-6,8-13,15H,7,14H2,1-2H3,(H,32,38)(H,34,35)(H,36,37). The summed E-state index contributed by atoms with van der Waals surface area (Å²) in [5.41, 5.74) is 7.40. The summed E-state index contributed by atoms with van der Waals surface area (Å²) in [7, 11) is 0. The Balaban J connectivity index is 1.25. The smallest absolute Gasteiger partial charge is 0.231 e. The van der Waals surface area contributed by atoms with Gasteiger partial charge in [-0.05, 0) is 41.8 Å². The first-order chi connectivity index (χ1) is 19.5. The van der Waals surface area contributed by atoms with Gasteiger partial charge in [-0.15, -0.1) is 0 Å². The van der Waals surface area contributed by atoms with Crippen LogP contribution >= 0.6 is 0 Å². The molecule has 6 heterocycles. The highest BCUT2D eigenvalue weighted by Crippen LogP contribution is 2.38. The summed E-state index contributed by atoms with van der Waals surface area (Å²) in [6.45, 7) is 4.22. The van der Waals surface area contributed by atoms with E-state index >= 15 is 0 Å². The number of H-pyrrole nitrogens is 2. The van der Waals surface area contributed by atoms with Gasteiger partial charge in [0.2, 0.25) is 12.7 Å². The fourth-order valence-electron chi connectivity index (χ4n) is 4.78. The molecule has 3 N–H and O–H groups in total. The zero-order chi connectivity index (χ0) is 27.2. The molecule has 0 fully saturated rings. The number of benzene rings is 1. The van der Waals surface area contributed by atoms with Crippen LogP contribution in [0.3, 0.4) is 0 Å². The highest BCUT2D eigenvalue weighted by atomic mass is 16.7. The number of amides is 1. The number of anilines is 1. The largest absolute Gasteiger partial charge is 0.454 e. The van der Waals surface area contributed by atoms with Crippen LogP contribution in [-0.2, 0) is 4.79 Å². The first-order valence-corrected chi connectivity index (χ1v) is 12.9. The molecule has 6 aromatic rings. The highest BCUT2D eigenvalue weighted by molar-refractivity contribution is 5.96. The molecule has 0 saturated heterocycles. The average Bonchev–Trinajstić information content (AvgIpc) is 3.69. The minimum Gasteiger partial charge on any atom is -0.454 e. The fourth-order valence-corrected chi connectivity index (χ4v) is 4.78. The topological polar surface area (TPSA) is 144 Å². The number of hydrogen-bond donors (Lipinski definition) is 3. The van der Waals surface area contributed by atoms with E-state index in [0.29, 0.717) is 40.6 Å². The van der Waals surface area contributed by atoms with Gasteiger partial charge in [-0.25, -0.2) is 9.97 Å². The van der Waals surface area contributed by atoms with Gasteiger partial charge in [0, 0.05) is 29.9 Å². The number of nitrogens with zero attached hydrogens (tertiary/aromatic N) is 5. The molecular weight excluding hydrogens is 508 g/mol. The molecule has 0 bridgehead atoms. The van der Waals surface area contributed by atoms with Crippen LogP contribution < -0.4 is 14.8 Å². The summed E-state index contributed by atoms with van der Waals surface area (Å²) in [6, 6.07) is 11.4. The van der Waals surface area contributed by atoms with Gasteiger partial charge in [-0.3, -0.25) is 19.9 Å². The van der Waals surface area contributed by atoms with E-state index in [-0.39, 0.29) is 18.6 Å². The predicted octanol–water partition coefficient (Wildman–Crippen LogP) is 5.34. The molecule has 0 radical (unpaired) electrons. The number of pyridine rings is 3. The van der Waals surface area contributed by atoms with E-state index in [1.807, 2.05) is 50.2 Å². The van der Waals surface area contributed by atoms with Crippen LogP contribution in [0.2, 0.25) is 0 Å². The molecular formula is C29H24N8O3. The van der Waals surface area contributed by atoms with Gasteiger partial charge in [0.15, 0.2) is 23.0 Å². The van der Waals surface area contributed by atoms with Crippen molar-refractivity contribution in [2.75, 3.05) is 12.1 Å². The third kappa shape index (κ3) is 4.27. The van der Waals surface area contributed by atoms with Gasteiger partial charge in [-0.1, -0.05) is 19.9 Å². The van der Waals surface area contributed by atoms with Gasteiger partial charge in [0.25, 0.3) is 0 Å². The molecule has 11 heteroatoms. The number of carbonyl (C=O) groups excluding carboxylic acids is 1. The number of carbonyl (C=O) groups is 1. The molecule has 0 aliphatic carbocycles. The Hall–Kier alpha value is -5.32. The molecule has 40 heavy (non-hydrogen) atoms. The Kier molecular flexibility index (Phi) is 5.62. The van der Waals surface area contributed by atoms with Crippen molar-refractivity contribution in [2.45, 2.75) is 20.3 Å². The molecule has 1 aliphatic heterocycles. The number of hydrogen-bond acceptors (Lipinski definition) is 8. The van der Waals surface area contributed by atoms with E-state index in [1.165, 1.54) is 0 Å². The summed E-state index contributed by atoms with van der Waals surface area (Å²) >= 11 is 0. The lowest BCUT2D eigenvalue weighted by molar-refractivity contribution is -0.116. The maximum atomic E-state index is 12.3. The first-order valence-electron chi connectivity index (χ1n) is 12.9. The SMILES string of the molecule is CC(C)CC(=O)Nc1cncc(-c2ccc3[nH]nc(-c4nc5c(-c6ccc7c(c6)OCO7)cncc5[nH]4)c3n2)c1. The second-order valence-electron chi connectivity index (χ2n) is 10.0. The molecule has 11 nitrogen and oxygen atoms in total. The minimum absolute atomic E-state index is 0.0472. The molecule has 5 aromatic heterocycles. The normalized spacial score (nSPS) is 12.5. The van der Waals surface area contributed by atoms with Gasteiger partial charge >= 0.3 is 0 Å². The summed E-state index contributed by atoms with van der Waals surface area (Å²) in [5.74, 6) is 2.19. The first kappa shape index (κ1) is 23.8. The summed E-state index contributed by atoms with van der Waals surface area (Å²) in [6.07, 6.45) is 7.31. The van der Waals surface area contributed by atoms with Crippen LogP contribution in [0.25, 0.3) is 56.0 Å². The fraction of sp³-hybridized carbons (Fsp3) is 0.172. The van der Waals surface area contributed by atoms with Gasteiger partial charge in [0.05, 0.1) is 40.3 Å². The van der Waals surface area contributed by atoms with Gasteiger partial charge in [-0.2, -0.15) is 5.10 Å². The number of aromatic nitrogens is 7. The summed E-state index contributed by atoms with van der Waals surface area (Å²) in [4.78, 5) is 34.1. The minimum atomic E-state index is -0.0472. The van der Waals surface area contributed by atoms with Crippen LogP contribution in [-0.4, -0.2) is 47.8 Å². The van der Waals surface area contributed by atoms with E-state index in [0.717, 1.165) is 39.0 Å². The Labute approximate surface area is 228 Å². The Morgan fingerprint density at radius 1 is 0.925 bits per heavy atom. The lowest BCUT2D eigenvalue weighted by atomic mass is 10.1. The second-order valence-corrected chi connectivity index (χ2v) is 10.0. The van der Waals surface area contributed by atoms with Crippen LogP contribution in [0.15, 0.2) is 61.2 Å². The molecule has 1 amide bonds. The maximum Gasteiger partial charge on any atom is 0.231 e. The quantitative estimate of drug-likeness (QED) is 0.261. The predicted molar refractivity (Wildman–Crippen MR) is 150 cm³/mol. The van der Waals surface area contributed by atoms with Crippen LogP contribution in [0.1, 0.15) is 20.3 Å². The van der Waals surface area contributed by atoms with Crippen molar-refractivity contribution in [3.8, 4) is 45.4 Å². The van der Waals surface area contributed by atoms with E-state index in [2.05, 4.69) is 30.5 Å². The molecule has 7 rings (SSSR count). The number of aromatic amines is 2. The molecule has 0 spiro atoms. The van der Waals surface area contributed by atoms with Crippen LogP contribution in [0.5, 0.6) is 11.5 Å². The molecule has 1 aromatic carbocycles. The third-order valence-corrected chi connectivity index (χ3v) is 6.62. The van der Waals surface area contributed by atoms with Gasteiger partial charge < -0.3 is 19.8 Å². The lowest BCUT2D eigenvalue weighted by Gasteiger charge is -2.08. The van der Waals surface area contributed by atoms with E-state index in [1.54, 1.807) is 24.8 Å². The van der Waals surface area contributed by atoms with Crippen molar-refractivity contribution in [1.82, 2.24) is 35.1 Å². The molecule has 0 saturated carbocycles. The number of imidazole rings is 1. The molecule has 0 atom stereocenters. The summed E-state index contributed by atoms with van der Waals surface area (Å²) < 4.78 is 11.0. The number of ether oxygens (including phenoxy) is 2. The monoisotopic (exact) mass is 532 g/mol. The number of nitrogens with one attached hydrogen (secondary N) is 3.